The van der Waals surface area contributed by atoms with Gasteiger partial charge < -0.3 is 10.1 Å². The van der Waals surface area contributed by atoms with Gasteiger partial charge in [0.05, 0.1) is 12.4 Å². The van der Waals surface area contributed by atoms with E-state index in [1.54, 1.807) is 0 Å². The molecule has 0 amide bonds. The van der Waals surface area contributed by atoms with Gasteiger partial charge in [0.1, 0.15) is 0 Å². The van der Waals surface area contributed by atoms with Crippen LogP contribution >= 0.6 is 0 Å². The van der Waals surface area contributed by atoms with Crippen LogP contribution in [0.5, 0.6) is 0 Å². The second-order valence-electron chi connectivity index (χ2n) is 3.67. The first-order chi connectivity index (χ1) is 6.64. The molecule has 1 N–H and O–H groups in total. The summed E-state index contributed by atoms with van der Waals surface area (Å²) in [6, 6.07) is 0.354. The number of hydrogen-bond acceptors (Lipinski definition) is 4. The molecule has 0 aliphatic carbocycles. The maximum Gasteiger partial charge on any atom is 0.151 e. The van der Waals surface area contributed by atoms with Crippen LogP contribution in [0, 0.1) is 0 Å². The monoisotopic (exact) mass is 221 g/mol. The molecular weight excluding hydrogens is 202 g/mol. The molecule has 1 unspecified atom stereocenters. The second kappa shape index (κ2) is 5.68. The molecular formula is C9H19NO3S. The van der Waals surface area contributed by atoms with Crippen LogP contribution in [0.3, 0.4) is 0 Å². The van der Waals surface area contributed by atoms with E-state index in [4.69, 9.17) is 4.74 Å². The normalized spacial score (nSPS) is 22.8. The summed E-state index contributed by atoms with van der Waals surface area (Å²) in [4.78, 5) is 0. The highest BCUT2D eigenvalue weighted by molar-refractivity contribution is 7.91. The van der Waals surface area contributed by atoms with Crippen molar-refractivity contribution in [3.05, 3.63) is 0 Å². The Bertz CT molecular complexity index is 245. The maximum absolute atomic E-state index is 11.3. The van der Waals surface area contributed by atoms with E-state index in [0.717, 1.165) is 13.0 Å². The van der Waals surface area contributed by atoms with Gasteiger partial charge in [-0.25, -0.2) is 8.42 Å². The molecule has 0 bridgehead atoms. The Kier molecular flexibility index (Phi) is 4.84. The molecule has 0 radical (unpaired) electrons. The van der Waals surface area contributed by atoms with Crippen molar-refractivity contribution < 1.29 is 13.2 Å². The average molecular weight is 221 g/mol. The number of nitrogens with one attached hydrogen (secondary N) is 1. The second-order valence-corrected chi connectivity index (χ2v) is 5.97. The molecule has 1 saturated heterocycles. The molecule has 1 aliphatic rings. The third-order valence-electron chi connectivity index (χ3n) is 2.29. The van der Waals surface area contributed by atoms with Gasteiger partial charge in [-0.05, 0) is 12.8 Å². The van der Waals surface area contributed by atoms with E-state index < -0.39 is 9.84 Å². The summed E-state index contributed by atoms with van der Waals surface area (Å²) in [5, 5.41) is 3.19. The zero-order chi connectivity index (χ0) is 10.4. The van der Waals surface area contributed by atoms with Crippen LogP contribution in [-0.2, 0) is 14.6 Å². The van der Waals surface area contributed by atoms with Crippen molar-refractivity contribution in [3.63, 3.8) is 0 Å². The van der Waals surface area contributed by atoms with Gasteiger partial charge >= 0.3 is 0 Å². The van der Waals surface area contributed by atoms with Crippen LogP contribution in [-0.4, -0.2) is 45.7 Å². The van der Waals surface area contributed by atoms with Crippen molar-refractivity contribution in [2.75, 3.05) is 31.3 Å². The highest BCUT2D eigenvalue weighted by Gasteiger charge is 2.16. The zero-order valence-corrected chi connectivity index (χ0v) is 9.48. The summed E-state index contributed by atoms with van der Waals surface area (Å²) in [6.45, 7) is 3.94. The van der Waals surface area contributed by atoms with Gasteiger partial charge in [-0.1, -0.05) is 6.92 Å². The first-order valence-electron chi connectivity index (χ1n) is 5.15. The molecule has 0 spiro atoms. The first kappa shape index (κ1) is 11.9. The van der Waals surface area contributed by atoms with Gasteiger partial charge in [-0.15, -0.1) is 0 Å². The Morgan fingerprint density at radius 2 is 2.21 bits per heavy atom. The molecule has 0 saturated carbocycles. The van der Waals surface area contributed by atoms with Gasteiger partial charge in [0.15, 0.2) is 9.84 Å². The Morgan fingerprint density at radius 3 is 2.79 bits per heavy atom. The molecule has 1 fully saturated rings. The van der Waals surface area contributed by atoms with E-state index in [-0.39, 0.29) is 5.75 Å². The topological polar surface area (TPSA) is 55.4 Å². The van der Waals surface area contributed by atoms with Crippen molar-refractivity contribution in [3.8, 4) is 0 Å². The lowest BCUT2D eigenvalue weighted by atomic mass is 10.3. The van der Waals surface area contributed by atoms with Crippen molar-refractivity contribution in [2.45, 2.75) is 25.8 Å². The molecule has 14 heavy (non-hydrogen) atoms. The van der Waals surface area contributed by atoms with Crippen molar-refractivity contribution in [1.29, 1.82) is 0 Å². The Balaban J connectivity index is 2.13. The summed E-state index contributed by atoms with van der Waals surface area (Å²) in [5.74, 6) is 0.549. The third-order valence-corrected chi connectivity index (χ3v) is 4.15. The molecule has 84 valence electrons. The van der Waals surface area contributed by atoms with E-state index in [2.05, 4.69) is 5.32 Å². The lowest BCUT2D eigenvalue weighted by Crippen LogP contribution is -2.33. The summed E-state index contributed by atoms with van der Waals surface area (Å²) in [5.41, 5.74) is 0. The lowest BCUT2D eigenvalue weighted by Gasteiger charge is -2.09. The van der Waals surface area contributed by atoms with Gasteiger partial charge in [0.25, 0.3) is 0 Å². The van der Waals surface area contributed by atoms with E-state index in [0.29, 0.717) is 31.4 Å². The van der Waals surface area contributed by atoms with Crippen LogP contribution in [0.15, 0.2) is 0 Å². The van der Waals surface area contributed by atoms with Crippen LogP contribution in [0.25, 0.3) is 0 Å². The summed E-state index contributed by atoms with van der Waals surface area (Å²) in [7, 11) is -2.83. The number of rotatable bonds is 6. The maximum atomic E-state index is 11.3. The van der Waals surface area contributed by atoms with Crippen molar-refractivity contribution >= 4 is 9.84 Å². The minimum atomic E-state index is -2.83. The molecule has 5 heteroatoms. The van der Waals surface area contributed by atoms with Crippen LogP contribution in [0.4, 0.5) is 0 Å². The van der Waals surface area contributed by atoms with E-state index in [1.807, 2.05) is 6.92 Å². The fraction of sp³-hybridized carbons (Fsp3) is 1.00. The van der Waals surface area contributed by atoms with E-state index in [9.17, 15) is 8.42 Å². The molecule has 0 aromatic carbocycles. The third kappa shape index (κ3) is 4.39. The van der Waals surface area contributed by atoms with Gasteiger partial charge in [0.2, 0.25) is 0 Å². The largest absolute Gasteiger partial charge is 0.380 e. The molecule has 1 aliphatic heterocycles. The fourth-order valence-corrected chi connectivity index (χ4v) is 2.78. The predicted octanol–water partition coefficient (Wildman–Crippen LogP) is 0.190. The van der Waals surface area contributed by atoms with Gasteiger partial charge in [-0.3, -0.25) is 0 Å². The Morgan fingerprint density at radius 1 is 1.43 bits per heavy atom. The number of ether oxygens (including phenoxy) is 1. The molecule has 1 rings (SSSR count). The van der Waals surface area contributed by atoms with Crippen molar-refractivity contribution in [2.24, 2.45) is 0 Å². The molecule has 0 aromatic heterocycles. The smallest absolute Gasteiger partial charge is 0.151 e. The highest BCUT2D eigenvalue weighted by Crippen LogP contribution is 2.02. The molecule has 1 heterocycles. The zero-order valence-electron chi connectivity index (χ0n) is 8.66. The Labute approximate surface area is 85.9 Å². The number of hydrogen-bond donors (Lipinski definition) is 1. The van der Waals surface area contributed by atoms with Crippen molar-refractivity contribution in [1.82, 2.24) is 5.32 Å². The fourth-order valence-electron chi connectivity index (χ4n) is 1.53. The quantitative estimate of drug-likeness (QED) is 0.695. The molecule has 4 nitrogen and oxygen atoms in total. The standard InChI is InChI=1S/C9H19NO3S/c1-2-6-14(11,12)7-4-10-9-3-5-13-8-9/h9-10H,2-8H2,1H3. The lowest BCUT2D eigenvalue weighted by molar-refractivity contribution is 0.190. The Hall–Kier alpha value is -0.130. The average Bonchev–Trinajstić information content (AvgIpc) is 2.56. The van der Waals surface area contributed by atoms with Crippen LogP contribution in [0.1, 0.15) is 19.8 Å². The summed E-state index contributed by atoms with van der Waals surface area (Å²) < 4.78 is 27.8. The van der Waals surface area contributed by atoms with Crippen LogP contribution < -0.4 is 5.32 Å². The highest BCUT2D eigenvalue weighted by atomic mass is 32.2. The minimum Gasteiger partial charge on any atom is -0.380 e. The molecule has 1 atom stereocenters. The van der Waals surface area contributed by atoms with E-state index in [1.165, 1.54) is 0 Å². The van der Waals surface area contributed by atoms with E-state index >= 15 is 0 Å². The van der Waals surface area contributed by atoms with Crippen LogP contribution in [0.2, 0.25) is 0 Å². The summed E-state index contributed by atoms with van der Waals surface area (Å²) >= 11 is 0. The SMILES string of the molecule is CCCS(=O)(=O)CCNC1CCOC1. The van der Waals surface area contributed by atoms with Gasteiger partial charge in [0, 0.05) is 24.9 Å². The molecule has 0 aromatic rings. The number of sulfone groups is 1. The first-order valence-corrected chi connectivity index (χ1v) is 6.98. The summed E-state index contributed by atoms with van der Waals surface area (Å²) in [6.07, 6.45) is 1.70. The minimum absolute atomic E-state index is 0.247. The predicted molar refractivity (Wildman–Crippen MR) is 56.2 cm³/mol. The van der Waals surface area contributed by atoms with Gasteiger partial charge in [-0.2, -0.15) is 0 Å².